The number of rotatable bonds is 2. The zero-order valence-corrected chi connectivity index (χ0v) is 10.9. The molecule has 2 aromatic rings. The quantitative estimate of drug-likeness (QED) is 0.832. The van der Waals surface area contributed by atoms with Crippen LogP contribution in [0.1, 0.15) is 5.56 Å². The molecule has 0 unspecified atom stereocenters. The predicted octanol–water partition coefficient (Wildman–Crippen LogP) is 3.77. The molecule has 88 valence electrons. The number of aromatic nitrogens is 2. The van der Waals surface area contributed by atoms with Gasteiger partial charge in [-0.05, 0) is 36.2 Å². The van der Waals surface area contributed by atoms with E-state index < -0.39 is 0 Å². The zero-order valence-electron chi connectivity index (χ0n) is 9.37. The Balaban J connectivity index is 2.56. The molecule has 1 aromatic heterocycles. The second-order valence-electron chi connectivity index (χ2n) is 3.55. The fourth-order valence-corrected chi connectivity index (χ4v) is 1.95. The van der Waals surface area contributed by atoms with Crippen molar-refractivity contribution < 1.29 is 4.74 Å². The minimum Gasteiger partial charge on any atom is -0.497 e. The molecule has 0 saturated heterocycles. The van der Waals surface area contributed by atoms with Gasteiger partial charge < -0.3 is 4.74 Å². The van der Waals surface area contributed by atoms with Crippen molar-refractivity contribution in [3.63, 3.8) is 0 Å². The van der Waals surface area contributed by atoms with E-state index in [4.69, 9.17) is 27.9 Å². The van der Waals surface area contributed by atoms with E-state index in [1.807, 2.05) is 25.1 Å². The van der Waals surface area contributed by atoms with Crippen LogP contribution in [0.3, 0.4) is 0 Å². The molecule has 5 heteroatoms. The molecular weight excluding hydrogens is 259 g/mol. The van der Waals surface area contributed by atoms with Crippen LogP contribution >= 0.6 is 23.2 Å². The molecule has 1 aromatic carbocycles. The minimum atomic E-state index is 0.319. The van der Waals surface area contributed by atoms with Gasteiger partial charge in [0.15, 0.2) is 10.3 Å². The lowest BCUT2D eigenvalue weighted by molar-refractivity contribution is 0.414. The van der Waals surface area contributed by atoms with Crippen molar-refractivity contribution in [2.75, 3.05) is 7.11 Å². The van der Waals surface area contributed by atoms with Gasteiger partial charge in [0.05, 0.1) is 7.11 Å². The van der Waals surface area contributed by atoms with Gasteiger partial charge in [-0.2, -0.15) is 0 Å². The van der Waals surface area contributed by atoms with Gasteiger partial charge in [0.2, 0.25) is 0 Å². The van der Waals surface area contributed by atoms with Crippen LogP contribution < -0.4 is 4.74 Å². The summed E-state index contributed by atoms with van der Waals surface area (Å²) < 4.78 is 5.15. The summed E-state index contributed by atoms with van der Waals surface area (Å²) in [7, 11) is 1.63. The fourth-order valence-electron chi connectivity index (χ4n) is 1.61. The van der Waals surface area contributed by atoms with Gasteiger partial charge in [-0.15, -0.1) is 10.2 Å². The molecule has 17 heavy (non-hydrogen) atoms. The van der Waals surface area contributed by atoms with E-state index in [0.717, 1.165) is 22.4 Å². The largest absolute Gasteiger partial charge is 0.497 e. The average Bonchev–Trinajstić information content (AvgIpc) is 2.32. The van der Waals surface area contributed by atoms with E-state index in [1.54, 1.807) is 13.2 Å². The standard InChI is InChI=1S/C12H10Cl2N2O/c1-7-5-8(17-2)3-4-9(7)10-6-11(13)15-16-12(10)14/h3-6H,1-2H3. The lowest BCUT2D eigenvalue weighted by atomic mass is 10.0. The molecule has 2 rings (SSSR count). The molecule has 0 amide bonds. The van der Waals surface area contributed by atoms with E-state index in [-0.39, 0.29) is 0 Å². The van der Waals surface area contributed by atoms with Crippen molar-refractivity contribution in [3.8, 4) is 16.9 Å². The first-order chi connectivity index (χ1) is 8.11. The SMILES string of the molecule is COc1ccc(-c2cc(Cl)nnc2Cl)c(C)c1. The lowest BCUT2D eigenvalue weighted by Crippen LogP contribution is -1.91. The number of hydrogen-bond acceptors (Lipinski definition) is 3. The number of methoxy groups -OCH3 is 1. The van der Waals surface area contributed by atoms with Gasteiger partial charge in [-0.1, -0.05) is 29.3 Å². The van der Waals surface area contributed by atoms with Crippen LogP contribution in [0.15, 0.2) is 24.3 Å². The molecule has 3 nitrogen and oxygen atoms in total. The summed E-state index contributed by atoms with van der Waals surface area (Å²) in [6.45, 7) is 1.97. The van der Waals surface area contributed by atoms with Crippen LogP contribution in [0.25, 0.3) is 11.1 Å². The van der Waals surface area contributed by atoms with E-state index in [9.17, 15) is 0 Å². The summed E-state index contributed by atoms with van der Waals surface area (Å²) in [6, 6.07) is 7.42. The Bertz CT molecular complexity index is 558. The second-order valence-corrected chi connectivity index (χ2v) is 4.30. The molecule has 0 aliphatic rings. The number of halogens is 2. The highest BCUT2D eigenvalue weighted by Gasteiger charge is 2.10. The van der Waals surface area contributed by atoms with E-state index in [1.165, 1.54) is 0 Å². The first kappa shape index (κ1) is 12.1. The first-order valence-electron chi connectivity index (χ1n) is 4.95. The summed E-state index contributed by atoms with van der Waals surface area (Å²) in [5.74, 6) is 0.801. The number of benzene rings is 1. The lowest BCUT2D eigenvalue weighted by Gasteiger charge is -2.09. The van der Waals surface area contributed by atoms with Crippen molar-refractivity contribution in [1.82, 2.24) is 10.2 Å². The van der Waals surface area contributed by atoms with Gasteiger partial charge in [-0.25, -0.2) is 0 Å². The van der Waals surface area contributed by atoms with Gasteiger partial charge in [-0.3, -0.25) is 0 Å². The number of ether oxygens (including phenoxy) is 1. The van der Waals surface area contributed by atoms with Crippen LogP contribution in [0.4, 0.5) is 0 Å². The highest BCUT2D eigenvalue weighted by molar-refractivity contribution is 6.33. The topological polar surface area (TPSA) is 35.0 Å². The van der Waals surface area contributed by atoms with Crippen LogP contribution in [-0.2, 0) is 0 Å². The molecular formula is C12H10Cl2N2O. The monoisotopic (exact) mass is 268 g/mol. The van der Waals surface area contributed by atoms with E-state index in [0.29, 0.717) is 10.3 Å². The average molecular weight is 269 g/mol. The van der Waals surface area contributed by atoms with Crippen molar-refractivity contribution in [2.24, 2.45) is 0 Å². The number of hydrogen-bond donors (Lipinski definition) is 0. The molecule has 0 aliphatic carbocycles. The zero-order chi connectivity index (χ0) is 12.4. The molecule has 0 atom stereocenters. The third-order valence-corrected chi connectivity index (χ3v) is 2.91. The van der Waals surface area contributed by atoms with Crippen LogP contribution in [0.5, 0.6) is 5.75 Å². The smallest absolute Gasteiger partial charge is 0.159 e. The molecule has 1 heterocycles. The Morgan fingerprint density at radius 2 is 1.82 bits per heavy atom. The van der Waals surface area contributed by atoms with Crippen molar-refractivity contribution >= 4 is 23.2 Å². The molecule has 0 fully saturated rings. The van der Waals surface area contributed by atoms with Crippen molar-refractivity contribution in [3.05, 3.63) is 40.1 Å². The number of nitrogens with zero attached hydrogens (tertiary/aromatic N) is 2. The maximum Gasteiger partial charge on any atom is 0.159 e. The minimum absolute atomic E-state index is 0.319. The Hall–Kier alpha value is -1.32. The molecule has 0 saturated carbocycles. The van der Waals surface area contributed by atoms with Crippen molar-refractivity contribution in [1.29, 1.82) is 0 Å². The summed E-state index contributed by atoms with van der Waals surface area (Å²) >= 11 is 11.8. The van der Waals surface area contributed by atoms with Gasteiger partial charge in [0.1, 0.15) is 5.75 Å². The summed E-state index contributed by atoms with van der Waals surface area (Å²) in [5, 5.41) is 8.13. The molecule has 0 N–H and O–H groups in total. The highest BCUT2D eigenvalue weighted by atomic mass is 35.5. The summed E-state index contributed by atoms with van der Waals surface area (Å²) in [5.41, 5.74) is 2.77. The van der Waals surface area contributed by atoms with Gasteiger partial charge in [0, 0.05) is 5.56 Å². The van der Waals surface area contributed by atoms with Crippen LogP contribution in [-0.4, -0.2) is 17.3 Å². The second kappa shape index (κ2) is 4.90. The van der Waals surface area contributed by atoms with Gasteiger partial charge in [0.25, 0.3) is 0 Å². The highest BCUT2D eigenvalue weighted by Crippen LogP contribution is 2.31. The normalized spacial score (nSPS) is 10.4. The van der Waals surface area contributed by atoms with E-state index >= 15 is 0 Å². The van der Waals surface area contributed by atoms with Crippen LogP contribution in [0, 0.1) is 6.92 Å². The molecule has 0 radical (unpaired) electrons. The van der Waals surface area contributed by atoms with Crippen LogP contribution in [0.2, 0.25) is 10.3 Å². The fraction of sp³-hybridized carbons (Fsp3) is 0.167. The maximum absolute atomic E-state index is 6.01. The van der Waals surface area contributed by atoms with Crippen molar-refractivity contribution in [2.45, 2.75) is 6.92 Å². The predicted molar refractivity (Wildman–Crippen MR) is 68.8 cm³/mol. The molecule has 0 aliphatic heterocycles. The maximum atomic E-state index is 6.01. The third kappa shape index (κ3) is 2.51. The Morgan fingerprint density at radius 1 is 1.06 bits per heavy atom. The Morgan fingerprint density at radius 3 is 2.47 bits per heavy atom. The Kier molecular flexibility index (Phi) is 3.50. The summed E-state index contributed by atoms with van der Waals surface area (Å²) in [4.78, 5) is 0. The van der Waals surface area contributed by atoms with E-state index in [2.05, 4.69) is 10.2 Å². The Labute approximate surface area is 109 Å². The van der Waals surface area contributed by atoms with Gasteiger partial charge >= 0.3 is 0 Å². The molecule has 0 spiro atoms. The third-order valence-electron chi connectivity index (χ3n) is 2.44. The molecule has 0 bridgehead atoms. The first-order valence-corrected chi connectivity index (χ1v) is 5.71. The summed E-state index contributed by atoms with van der Waals surface area (Å²) in [6.07, 6.45) is 0. The number of aryl methyl sites for hydroxylation is 1.